The van der Waals surface area contributed by atoms with Crippen LogP contribution in [0.15, 0.2) is 34.8 Å². The highest BCUT2D eigenvalue weighted by Gasteiger charge is 2.59. The summed E-state index contributed by atoms with van der Waals surface area (Å²) in [5, 5.41) is 10.8. The molecule has 1 fully saturated rings. The molecule has 3 aliphatic rings. The summed E-state index contributed by atoms with van der Waals surface area (Å²) in [5.74, 6) is -1.80. The monoisotopic (exact) mass is 381 g/mol. The number of rotatable bonds is 3. The first-order chi connectivity index (χ1) is 10.9. The molecule has 0 aromatic heterocycles. The second-order valence-corrected chi connectivity index (χ2v) is 6.32. The van der Waals surface area contributed by atoms with Gasteiger partial charge in [0.05, 0.1) is 18.0 Å². The van der Waals surface area contributed by atoms with E-state index in [0.717, 1.165) is 0 Å². The highest BCUT2D eigenvalue weighted by molar-refractivity contribution is 9.11. The number of non-ortho nitro benzene ring substituents is 1. The van der Waals surface area contributed by atoms with E-state index in [-0.39, 0.29) is 5.69 Å². The maximum Gasteiger partial charge on any atom is 0.322 e. The van der Waals surface area contributed by atoms with Crippen LogP contribution in [0.5, 0.6) is 0 Å². The van der Waals surface area contributed by atoms with Gasteiger partial charge in [0.1, 0.15) is 11.5 Å². The van der Waals surface area contributed by atoms with Crippen molar-refractivity contribution in [2.75, 3.05) is 7.11 Å². The Morgan fingerprint density at radius 1 is 1.43 bits per heavy atom. The van der Waals surface area contributed by atoms with Gasteiger partial charge in [-0.15, -0.1) is 0 Å². The van der Waals surface area contributed by atoms with Crippen molar-refractivity contribution in [2.45, 2.75) is 17.9 Å². The van der Waals surface area contributed by atoms with Gasteiger partial charge in [-0.1, -0.05) is 28.1 Å². The molecular weight excluding hydrogens is 370 g/mol. The molecule has 7 nitrogen and oxygen atoms in total. The van der Waals surface area contributed by atoms with Crippen molar-refractivity contribution in [3.8, 4) is 0 Å². The maximum atomic E-state index is 12.5. The summed E-state index contributed by atoms with van der Waals surface area (Å²) < 4.78 is 10.9. The van der Waals surface area contributed by atoms with Crippen molar-refractivity contribution >= 4 is 33.6 Å². The van der Waals surface area contributed by atoms with Crippen LogP contribution in [-0.4, -0.2) is 30.1 Å². The molecule has 0 saturated carbocycles. The van der Waals surface area contributed by atoms with E-state index in [1.54, 1.807) is 6.08 Å². The van der Waals surface area contributed by atoms with Crippen molar-refractivity contribution in [1.29, 1.82) is 0 Å². The molecule has 0 spiro atoms. The van der Waals surface area contributed by atoms with Gasteiger partial charge in [-0.3, -0.25) is 19.7 Å². The second-order valence-electron chi connectivity index (χ2n) is 5.41. The minimum Gasteiger partial charge on any atom is -0.469 e. The summed E-state index contributed by atoms with van der Waals surface area (Å²) in [7, 11) is 1.26. The SMILES string of the molecule is COC(=O)C1C[C@@H]2OC(=O)[C@@]1(c1ccc([N+](=O)[O-])cc1)C=C2Br. The van der Waals surface area contributed by atoms with E-state index in [1.807, 2.05) is 0 Å². The largest absolute Gasteiger partial charge is 0.469 e. The topological polar surface area (TPSA) is 95.7 Å². The van der Waals surface area contributed by atoms with E-state index >= 15 is 0 Å². The summed E-state index contributed by atoms with van der Waals surface area (Å²) in [6.07, 6.45) is 1.44. The van der Waals surface area contributed by atoms with E-state index < -0.39 is 34.3 Å². The Morgan fingerprint density at radius 3 is 2.65 bits per heavy atom. The molecule has 1 aliphatic carbocycles. The van der Waals surface area contributed by atoms with Gasteiger partial charge in [0, 0.05) is 23.0 Å². The molecule has 3 atom stereocenters. The Bertz CT molecular complexity index is 728. The minimum atomic E-state index is -1.34. The fourth-order valence-corrected chi connectivity index (χ4v) is 3.78. The molecule has 1 unspecified atom stereocenters. The van der Waals surface area contributed by atoms with Crippen LogP contribution in [0, 0.1) is 16.0 Å². The van der Waals surface area contributed by atoms with E-state index in [2.05, 4.69) is 15.9 Å². The Morgan fingerprint density at radius 2 is 2.09 bits per heavy atom. The number of hydrogen-bond donors (Lipinski definition) is 0. The van der Waals surface area contributed by atoms with E-state index in [9.17, 15) is 19.7 Å². The average Bonchev–Trinajstić information content (AvgIpc) is 2.55. The average molecular weight is 382 g/mol. The molecule has 23 heavy (non-hydrogen) atoms. The van der Waals surface area contributed by atoms with Crippen LogP contribution in [0.4, 0.5) is 5.69 Å². The Hall–Kier alpha value is -2.22. The summed E-state index contributed by atoms with van der Waals surface area (Å²) in [6.45, 7) is 0. The van der Waals surface area contributed by atoms with Gasteiger partial charge in [0.15, 0.2) is 0 Å². The Kier molecular flexibility index (Phi) is 3.71. The van der Waals surface area contributed by atoms with Gasteiger partial charge in [-0.25, -0.2) is 0 Å². The smallest absolute Gasteiger partial charge is 0.322 e. The van der Waals surface area contributed by atoms with Crippen molar-refractivity contribution in [1.82, 2.24) is 0 Å². The number of hydrogen-bond acceptors (Lipinski definition) is 6. The van der Waals surface area contributed by atoms with Crippen molar-refractivity contribution in [3.05, 3.63) is 50.5 Å². The number of carbonyl (C=O) groups excluding carboxylic acids is 2. The standard InChI is InChI=1S/C15H12BrNO6/c1-22-13(18)10-6-12-11(16)7-15(10,14(19)23-12)8-2-4-9(5-3-8)17(20)21/h2-5,7,10,12H,6H2,1H3/t10?,12-,15+/m0/s1. The molecule has 2 bridgehead atoms. The molecule has 0 N–H and O–H groups in total. The van der Waals surface area contributed by atoms with Gasteiger partial charge in [0.2, 0.25) is 0 Å². The summed E-state index contributed by atoms with van der Waals surface area (Å²) in [4.78, 5) is 35.0. The number of carbonyl (C=O) groups is 2. The number of methoxy groups -OCH3 is 1. The van der Waals surface area contributed by atoms with Crippen LogP contribution in [0.2, 0.25) is 0 Å². The first-order valence-corrected chi connectivity index (χ1v) is 7.61. The van der Waals surface area contributed by atoms with Crippen molar-refractivity contribution in [2.24, 2.45) is 5.92 Å². The van der Waals surface area contributed by atoms with E-state index in [1.165, 1.54) is 31.4 Å². The molecule has 1 saturated heterocycles. The van der Waals surface area contributed by atoms with Crippen LogP contribution in [-0.2, 0) is 24.5 Å². The van der Waals surface area contributed by atoms with Crippen LogP contribution in [0.3, 0.4) is 0 Å². The number of benzene rings is 1. The predicted molar refractivity (Wildman–Crippen MR) is 81.8 cm³/mol. The molecule has 4 rings (SSSR count). The van der Waals surface area contributed by atoms with Crippen molar-refractivity contribution < 1.29 is 24.0 Å². The predicted octanol–water partition coefficient (Wildman–Crippen LogP) is 2.23. The molecule has 2 heterocycles. The molecule has 0 radical (unpaired) electrons. The zero-order valence-corrected chi connectivity index (χ0v) is 13.6. The number of fused-ring (bicyclic) bond motifs is 2. The first-order valence-electron chi connectivity index (χ1n) is 6.82. The number of nitrogens with zero attached hydrogens (tertiary/aromatic N) is 1. The summed E-state index contributed by atoms with van der Waals surface area (Å²) in [6, 6.07) is 5.54. The third-order valence-corrected chi connectivity index (χ3v) is 5.04. The number of nitro benzene ring substituents is 1. The summed E-state index contributed by atoms with van der Waals surface area (Å²) >= 11 is 3.37. The fourth-order valence-electron chi connectivity index (χ4n) is 3.14. The lowest BCUT2D eigenvalue weighted by atomic mass is 9.63. The van der Waals surface area contributed by atoms with Gasteiger partial charge >= 0.3 is 11.9 Å². The molecule has 1 aromatic carbocycles. The molecular formula is C15H12BrNO6. The number of esters is 2. The Labute approximate surface area is 139 Å². The van der Waals surface area contributed by atoms with Gasteiger partial charge in [0.25, 0.3) is 5.69 Å². The molecule has 120 valence electrons. The van der Waals surface area contributed by atoms with Gasteiger partial charge in [-0.05, 0) is 11.6 Å². The minimum absolute atomic E-state index is 0.0966. The number of nitro groups is 1. The highest BCUT2D eigenvalue weighted by Crippen LogP contribution is 2.50. The molecule has 1 aromatic rings. The lowest BCUT2D eigenvalue weighted by Gasteiger charge is -2.46. The quantitative estimate of drug-likeness (QED) is 0.452. The number of halogens is 1. The first kappa shape index (κ1) is 15.7. The maximum absolute atomic E-state index is 12.5. The third-order valence-electron chi connectivity index (χ3n) is 4.30. The zero-order chi connectivity index (χ0) is 16.8. The highest BCUT2D eigenvalue weighted by atomic mass is 79.9. The third kappa shape index (κ3) is 2.24. The molecule has 2 aliphatic heterocycles. The van der Waals surface area contributed by atoms with E-state index in [0.29, 0.717) is 16.5 Å². The summed E-state index contributed by atoms with van der Waals surface area (Å²) in [5.41, 5.74) is -0.977. The Balaban J connectivity index is 2.16. The van der Waals surface area contributed by atoms with Gasteiger partial charge < -0.3 is 9.47 Å². The number of ether oxygens (including phenoxy) is 2. The molecule has 8 heteroatoms. The van der Waals surface area contributed by atoms with E-state index in [4.69, 9.17) is 9.47 Å². The normalized spacial score (nSPS) is 28.8. The lowest BCUT2D eigenvalue weighted by molar-refractivity contribution is -0.384. The van der Waals surface area contributed by atoms with Crippen LogP contribution in [0.25, 0.3) is 0 Å². The second kappa shape index (κ2) is 5.45. The van der Waals surface area contributed by atoms with Crippen LogP contribution >= 0.6 is 15.9 Å². The zero-order valence-electron chi connectivity index (χ0n) is 12.0. The molecule has 0 amide bonds. The van der Waals surface area contributed by atoms with Gasteiger partial charge in [-0.2, -0.15) is 0 Å². The van der Waals surface area contributed by atoms with Crippen molar-refractivity contribution in [3.63, 3.8) is 0 Å². The lowest BCUT2D eigenvalue weighted by Crippen LogP contribution is -2.56. The fraction of sp³-hybridized carbons (Fsp3) is 0.333. The van der Waals surface area contributed by atoms with Crippen LogP contribution < -0.4 is 0 Å². The van der Waals surface area contributed by atoms with Crippen LogP contribution in [0.1, 0.15) is 12.0 Å².